The minimum absolute atomic E-state index is 0.0515. The van der Waals surface area contributed by atoms with Crippen LogP contribution in [0.1, 0.15) is 55.5 Å². The maximum absolute atomic E-state index is 12.6. The summed E-state index contributed by atoms with van der Waals surface area (Å²) in [5, 5.41) is 26.3. The zero-order valence-corrected chi connectivity index (χ0v) is 26.5. The van der Waals surface area contributed by atoms with E-state index in [-0.39, 0.29) is 30.0 Å². The van der Waals surface area contributed by atoms with Crippen LogP contribution in [-0.2, 0) is 17.8 Å². The van der Waals surface area contributed by atoms with Crippen molar-refractivity contribution in [2.45, 2.75) is 70.6 Å². The minimum Gasteiger partial charge on any atom is -0.475 e. The van der Waals surface area contributed by atoms with Crippen LogP contribution in [0.15, 0.2) is 49.1 Å². The molecule has 232 valence electrons. The number of carbonyl (C=O) groups excluding carboxylic acids is 1. The molecular formula is C36H41N7O2. The van der Waals surface area contributed by atoms with Gasteiger partial charge < -0.3 is 24.8 Å². The molecule has 0 spiro atoms. The summed E-state index contributed by atoms with van der Waals surface area (Å²) in [4.78, 5) is 24.0. The van der Waals surface area contributed by atoms with Gasteiger partial charge in [-0.05, 0) is 63.1 Å². The van der Waals surface area contributed by atoms with Crippen molar-refractivity contribution in [1.82, 2.24) is 15.2 Å². The first-order valence-electron chi connectivity index (χ1n) is 15.9. The molecule has 9 heteroatoms. The monoisotopic (exact) mass is 603 g/mol. The van der Waals surface area contributed by atoms with Crippen LogP contribution in [0.25, 0.3) is 10.8 Å². The van der Waals surface area contributed by atoms with E-state index >= 15 is 0 Å². The Labute approximate surface area is 265 Å². The third-order valence-electron chi connectivity index (χ3n) is 9.55. The maximum Gasteiger partial charge on any atom is 0.246 e. The molecule has 0 radical (unpaired) electrons. The first-order valence-corrected chi connectivity index (χ1v) is 15.9. The number of hydrogen-bond donors (Lipinski definition) is 1. The summed E-state index contributed by atoms with van der Waals surface area (Å²) < 4.78 is 6.41. The number of rotatable bonds is 7. The molecule has 0 bridgehead atoms. The molecule has 0 unspecified atom stereocenters. The summed E-state index contributed by atoms with van der Waals surface area (Å²) in [7, 11) is 0. The number of nitrogens with one attached hydrogen (secondary N) is 1. The lowest BCUT2D eigenvalue weighted by Crippen LogP contribution is -2.55. The Kier molecular flexibility index (Phi) is 8.40. The second-order valence-corrected chi connectivity index (χ2v) is 13.1. The van der Waals surface area contributed by atoms with Crippen molar-refractivity contribution in [3.05, 3.63) is 71.4 Å². The number of aromatic nitrogens is 1. The first-order chi connectivity index (χ1) is 21.7. The van der Waals surface area contributed by atoms with Gasteiger partial charge in [-0.25, -0.2) is 4.98 Å². The number of nitriles is 2. The van der Waals surface area contributed by atoms with E-state index in [0.29, 0.717) is 50.7 Å². The number of carbonyl (C=O) groups is 1. The number of ether oxygens (including phenoxy) is 1. The normalized spacial score (nSPS) is 20.8. The molecule has 3 aliphatic heterocycles. The molecule has 2 saturated heterocycles. The molecule has 1 aromatic heterocycles. The summed E-state index contributed by atoms with van der Waals surface area (Å²) in [6, 6.07) is 17.4. The van der Waals surface area contributed by atoms with Gasteiger partial charge in [-0.1, -0.05) is 36.9 Å². The van der Waals surface area contributed by atoms with Crippen LogP contribution >= 0.6 is 0 Å². The van der Waals surface area contributed by atoms with Crippen molar-refractivity contribution in [1.29, 1.82) is 10.5 Å². The molecule has 6 rings (SSSR count). The average Bonchev–Trinajstić information content (AvgIpc) is 3.40. The molecule has 2 atom stereocenters. The lowest BCUT2D eigenvalue weighted by atomic mass is 9.95. The van der Waals surface area contributed by atoms with E-state index in [4.69, 9.17) is 9.72 Å². The fourth-order valence-electron chi connectivity index (χ4n) is 7.35. The van der Waals surface area contributed by atoms with E-state index in [2.05, 4.69) is 91.0 Å². The smallest absolute Gasteiger partial charge is 0.246 e. The molecule has 3 aliphatic rings. The van der Waals surface area contributed by atoms with Crippen molar-refractivity contribution < 1.29 is 9.53 Å². The van der Waals surface area contributed by atoms with Gasteiger partial charge in [0.15, 0.2) is 0 Å². The largest absolute Gasteiger partial charge is 0.475 e. The molecule has 9 nitrogen and oxygen atoms in total. The van der Waals surface area contributed by atoms with Gasteiger partial charge >= 0.3 is 0 Å². The van der Waals surface area contributed by atoms with Crippen molar-refractivity contribution in [2.75, 3.05) is 42.6 Å². The highest BCUT2D eigenvalue weighted by Gasteiger charge is 2.36. The molecule has 1 amide bonds. The van der Waals surface area contributed by atoms with E-state index in [1.165, 1.54) is 28.1 Å². The van der Waals surface area contributed by atoms with Crippen LogP contribution in [0, 0.1) is 29.6 Å². The fraction of sp³-hybridized carbons (Fsp3) is 0.444. The molecular weight excluding hydrogens is 562 g/mol. The van der Waals surface area contributed by atoms with Gasteiger partial charge in [0, 0.05) is 54.4 Å². The van der Waals surface area contributed by atoms with Crippen LogP contribution in [0.4, 0.5) is 11.4 Å². The standard InChI is InChI=1S/C36H41N7O2/c1-5-32(44)43-19-18-42(21-27(43)13-16-37)34-28-14-17-41(31-11-7-10-25-9-6-8-24(2)33(25)31)22-30(28)39-35(29(34)20-38)45-23-26-12-15-36(3,4)40-26/h5-11,26-27,40H,1,12-15,17-19,21-23H2,2-4H3/t26-,27-/m0/s1. The van der Waals surface area contributed by atoms with E-state index < -0.39 is 0 Å². The van der Waals surface area contributed by atoms with Gasteiger partial charge in [0.2, 0.25) is 11.8 Å². The van der Waals surface area contributed by atoms with Crippen LogP contribution in [0.2, 0.25) is 0 Å². The predicted molar refractivity (Wildman–Crippen MR) is 176 cm³/mol. The molecule has 4 heterocycles. The third kappa shape index (κ3) is 5.93. The highest BCUT2D eigenvalue weighted by molar-refractivity contribution is 5.97. The number of hydrogen-bond acceptors (Lipinski definition) is 8. The summed E-state index contributed by atoms with van der Waals surface area (Å²) in [5.41, 5.74) is 5.67. The second-order valence-electron chi connectivity index (χ2n) is 13.1. The van der Waals surface area contributed by atoms with Crippen LogP contribution in [-0.4, -0.2) is 66.2 Å². The molecule has 2 fully saturated rings. The Morgan fingerprint density at radius 1 is 1.18 bits per heavy atom. The van der Waals surface area contributed by atoms with E-state index in [0.717, 1.165) is 36.3 Å². The van der Waals surface area contributed by atoms with Crippen molar-refractivity contribution in [3.63, 3.8) is 0 Å². The van der Waals surface area contributed by atoms with Gasteiger partial charge in [-0.15, -0.1) is 0 Å². The van der Waals surface area contributed by atoms with Crippen molar-refractivity contribution in [2.24, 2.45) is 0 Å². The maximum atomic E-state index is 12.6. The summed E-state index contributed by atoms with van der Waals surface area (Å²) >= 11 is 0. The zero-order valence-electron chi connectivity index (χ0n) is 26.5. The van der Waals surface area contributed by atoms with Gasteiger partial charge in [-0.3, -0.25) is 4.79 Å². The highest BCUT2D eigenvalue weighted by atomic mass is 16.5. The van der Waals surface area contributed by atoms with Crippen molar-refractivity contribution >= 4 is 28.1 Å². The van der Waals surface area contributed by atoms with Gasteiger partial charge in [0.05, 0.1) is 36.5 Å². The Morgan fingerprint density at radius 2 is 1.98 bits per heavy atom. The number of anilines is 2. The minimum atomic E-state index is -0.308. The van der Waals surface area contributed by atoms with Crippen LogP contribution in [0.3, 0.4) is 0 Å². The number of aryl methyl sites for hydroxylation is 1. The lowest BCUT2D eigenvalue weighted by Gasteiger charge is -2.43. The Hall–Kier alpha value is -4.60. The van der Waals surface area contributed by atoms with Gasteiger partial charge in [-0.2, -0.15) is 10.5 Å². The van der Waals surface area contributed by atoms with Crippen LogP contribution < -0.4 is 19.9 Å². The predicted octanol–water partition coefficient (Wildman–Crippen LogP) is 5.00. The van der Waals surface area contributed by atoms with E-state index in [9.17, 15) is 15.3 Å². The zero-order chi connectivity index (χ0) is 31.7. The second kappa shape index (κ2) is 12.4. The van der Waals surface area contributed by atoms with Crippen molar-refractivity contribution in [3.8, 4) is 18.0 Å². The van der Waals surface area contributed by atoms with Crippen LogP contribution in [0.5, 0.6) is 5.88 Å². The number of amides is 1. The molecule has 2 aromatic carbocycles. The number of piperazine rings is 1. The molecule has 0 aliphatic carbocycles. The number of benzene rings is 2. The summed E-state index contributed by atoms with van der Waals surface area (Å²) in [6.45, 7) is 13.4. The Morgan fingerprint density at radius 3 is 2.69 bits per heavy atom. The molecule has 45 heavy (non-hydrogen) atoms. The lowest BCUT2D eigenvalue weighted by molar-refractivity contribution is -0.128. The molecule has 3 aromatic rings. The van der Waals surface area contributed by atoms with E-state index in [1.807, 2.05) is 0 Å². The number of nitrogens with zero attached hydrogens (tertiary/aromatic N) is 6. The topological polar surface area (TPSA) is 109 Å². The van der Waals surface area contributed by atoms with Gasteiger partial charge in [0.25, 0.3) is 0 Å². The Bertz CT molecular complexity index is 1710. The highest BCUT2D eigenvalue weighted by Crippen LogP contribution is 2.40. The average molecular weight is 604 g/mol. The first kappa shape index (κ1) is 30.4. The quantitative estimate of drug-likeness (QED) is 0.376. The fourth-order valence-corrected chi connectivity index (χ4v) is 7.35. The third-order valence-corrected chi connectivity index (χ3v) is 9.55. The number of pyridine rings is 1. The van der Waals surface area contributed by atoms with E-state index in [1.54, 1.807) is 4.90 Å². The molecule has 1 N–H and O–H groups in total. The Balaban J connectivity index is 1.40. The molecule has 0 saturated carbocycles. The van der Waals surface area contributed by atoms with Gasteiger partial charge in [0.1, 0.15) is 18.2 Å². The summed E-state index contributed by atoms with van der Waals surface area (Å²) in [6.07, 6.45) is 4.27. The summed E-state index contributed by atoms with van der Waals surface area (Å²) in [5.74, 6) is 0.180. The number of fused-ring (bicyclic) bond motifs is 2. The SMILES string of the molecule is C=CC(=O)N1CCN(c2c(C#N)c(OC[C@@H]3CCC(C)(C)N3)nc3c2CCN(c2cccc4cccc(C)c24)C3)C[C@@H]1CC#N.